The maximum atomic E-state index is 11.7. The number of amides is 1. The summed E-state index contributed by atoms with van der Waals surface area (Å²) in [6, 6.07) is 10.9. The van der Waals surface area contributed by atoms with Gasteiger partial charge in [-0.15, -0.1) is 0 Å². The molecule has 0 aliphatic carbocycles. The molecule has 0 radical (unpaired) electrons. The van der Waals surface area contributed by atoms with Crippen LogP contribution < -0.4 is 5.32 Å². The van der Waals surface area contributed by atoms with Gasteiger partial charge in [-0.25, -0.2) is 0 Å². The number of piperidine rings is 1. The Balaban J connectivity index is 1.93. The smallest absolute Gasteiger partial charge is 0.223 e. The standard InChI is InChI=1S/C20H32N4O/c1-5-16-15-24(14-12-18(16)17-9-7-6-8-10-17)20(21-2)22-13-11-19(25)23(3)4/h6-10,16,18H,5,11-15H2,1-4H3,(H,21,22). The van der Waals surface area contributed by atoms with Crippen molar-refractivity contribution in [3.63, 3.8) is 0 Å². The predicted molar refractivity (Wildman–Crippen MR) is 104 cm³/mol. The fraction of sp³-hybridized carbons (Fsp3) is 0.600. The van der Waals surface area contributed by atoms with Gasteiger partial charge >= 0.3 is 0 Å². The SMILES string of the molecule is CCC1CN(C(=NC)NCCC(=O)N(C)C)CCC1c1ccccc1. The molecule has 1 aliphatic heterocycles. The second-order valence-electron chi connectivity index (χ2n) is 6.93. The van der Waals surface area contributed by atoms with Gasteiger partial charge in [0.1, 0.15) is 0 Å². The summed E-state index contributed by atoms with van der Waals surface area (Å²) >= 11 is 0. The Morgan fingerprint density at radius 3 is 2.64 bits per heavy atom. The number of nitrogens with one attached hydrogen (secondary N) is 1. The highest BCUT2D eigenvalue weighted by Gasteiger charge is 2.30. The highest BCUT2D eigenvalue weighted by atomic mass is 16.2. The average Bonchev–Trinajstić information content (AvgIpc) is 2.65. The molecule has 1 fully saturated rings. The number of rotatable bonds is 5. The van der Waals surface area contributed by atoms with Crippen LogP contribution in [0.3, 0.4) is 0 Å². The molecule has 1 aliphatic rings. The molecule has 1 saturated heterocycles. The Hall–Kier alpha value is -2.04. The van der Waals surface area contributed by atoms with Gasteiger partial charge in [0.25, 0.3) is 0 Å². The van der Waals surface area contributed by atoms with Gasteiger partial charge in [-0.2, -0.15) is 0 Å². The van der Waals surface area contributed by atoms with Crippen LogP contribution >= 0.6 is 0 Å². The summed E-state index contributed by atoms with van der Waals surface area (Å²) in [5.41, 5.74) is 1.45. The molecule has 1 N–H and O–H groups in total. The maximum Gasteiger partial charge on any atom is 0.223 e. The lowest BCUT2D eigenvalue weighted by Crippen LogP contribution is -2.49. The minimum absolute atomic E-state index is 0.136. The second-order valence-corrected chi connectivity index (χ2v) is 6.93. The van der Waals surface area contributed by atoms with E-state index >= 15 is 0 Å². The average molecular weight is 345 g/mol. The molecule has 5 heteroatoms. The number of nitrogens with zero attached hydrogens (tertiary/aromatic N) is 3. The van der Waals surface area contributed by atoms with Crippen molar-refractivity contribution in [3.8, 4) is 0 Å². The fourth-order valence-corrected chi connectivity index (χ4v) is 3.61. The molecular weight excluding hydrogens is 312 g/mol. The molecule has 1 amide bonds. The summed E-state index contributed by atoms with van der Waals surface area (Å²) in [7, 11) is 5.40. The van der Waals surface area contributed by atoms with Crippen molar-refractivity contribution in [2.45, 2.75) is 32.1 Å². The van der Waals surface area contributed by atoms with Crippen molar-refractivity contribution in [3.05, 3.63) is 35.9 Å². The molecule has 1 aromatic rings. The van der Waals surface area contributed by atoms with E-state index in [1.54, 1.807) is 19.0 Å². The van der Waals surface area contributed by atoms with Crippen LogP contribution in [0.15, 0.2) is 35.3 Å². The van der Waals surface area contributed by atoms with Crippen molar-refractivity contribution in [2.75, 3.05) is 40.8 Å². The van der Waals surface area contributed by atoms with Crippen LogP contribution in [0.5, 0.6) is 0 Å². The molecule has 2 atom stereocenters. The first kappa shape index (κ1) is 19.3. The Morgan fingerprint density at radius 1 is 1.32 bits per heavy atom. The Morgan fingerprint density at radius 2 is 2.04 bits per heavy atom. The normalized spacial score (nSPS) is 21.1. The first-order valence-corrected chi connectivity index (χ1v) is 9.27. The predicted octanol–water partition coefficient (Wildman–Crippen LogP) is 2.56. The van der Waals surface area contributed by atoms with Crippen molar-refractivity contribution >= 4 is 11.9 Å². The maximum absolute atomic E-state index is 11.7. The molecule has 0 saturated carbocycles. The number of guanidine groups is 1. The Bertz CT molecular complexity index is 570. The van der Waals surface area contributed by atoms with Crippen LogP contribution in [-0.4, -0.2) is 62.4 Å². The zero-order chi connectivity index (χ0) is 18.2. The number of carbonyl (C=O) groups excluding carboxylic acids is 1. The lowest BCUT2D eigenvalue weighted by atomic mass is 9.79. The lowest BCUT2D eigenvalue weighted by molar-refractivity contribution is -0.128. The molecule has 0 spiro atoms. The van der Waals surface area contributed by atoms with Gasteiger partial charge in [0.2, 0.25) is 5.91 Å². The molecule has 1 heterocycles. The second kappa shape index (κ2) is 9.44. The van der Waals surface area contributed by atoms with E-state index in [9.17, 15) is 4.79 Å². The zero-order valence-electron chi connectivity index (χ0n) is 16.0. The number of aliphatic imine (C=N–C) groups is 1. The summed E-state index contributed by atoms with van der Waals surface area (Å²) in [5, 5.41) is 3.35. The highest BCUT2D eigenvalue weighted by Crippen LogP contribution is 2.34. The molecule has 2 unspecified atom stereocenters. The van der Waals surface area contributed by atoms with Crippen LogP contribution in [-0.2, 0) is 4.79 Å². The van der Waals surface area contributed by atoms with Gasteiger partial charge in [-0.3, -0.25) is 9.79 Å². The van der Waals surface area contributed by atoms with Crippen molar-refractivity contribution in [1.82, 2.24) is 15.1 Å². The van der Waals surface area contributed by atoms with E-state index in [4.69, 9.17) is 0 Å². The van der Waals surface area contributed by atoms with E-state index in [0.29, 0.717) is 24.8 Å². The van der Waals surface area contributed by atoms with Crippen molar-refractivity contribution in [1.29, 1.82) is 0 Å². The molecular formula is C20H32N4O. The Labute approximate surface area is 152 Å². The van der Waals surface area contributed by atoms with Gasteiger partial charge < -0.3 is 15.1 Å². The lowest BCUT2D eigenvalue weighted by Gasteiger charge is -2.40. The first-order chi connectivity index (χ1) is 12.1. The highest BCUT2D eigenvalue weighted by molar-refractivity contribution is 5.81. The molecule has 0 bridgehead atoms. The van der Waals surface area contributed by atoms with Crippen molar-refractivity contribution in [2.24, 2.45) is 10.9 Å². The number of hydrogen-bond acceptors (Lipinski definition) is 2. The third-order valence-corrected chi connectivity index (χ3v) is 5.12. The van der Waals surface area contributed by atoms with E-state index in [2.05, 4.69) is 52.5 Å². The van der Waals surface area contributed by atoms with E-state index < -0.39 is 0 Å². The van der Waals surface area contributed by atoms with Gasteiger partial charge in [0.05, 0.1) is 0 Å². The number of hydrogen-bond donors (Lipinski definition) is 1. The summed E-state index contributed by atoms with van der Waals surface area (Å²) in [4.78, 5) is 20.1. The van der Waals surface area contributed by atoms with E-state index in [1.807, 2.05) is 7.05 Å². The summed E-state index contributed by atoms with van der Waals surface area (Å²) in [6.07, 6.45) is 2.79. The van der Waals surface area contributed by atoms with Crippen LogP contribution in [0.4, 0.5) is 0 Å². The van der Waals surface area contributed by atoms with Gasteiger partial charge in [0, 0.05) is 47.2 Å². The number of carbonyl (C=O) groups is 1. The molecule has 5 nitrogen and oxygen atoms in total. The van der Waals surface area contributed by atoms with Gasteiger partial charge in [-0.1, -0.05) is 43.7 Å². The molecule has 138 valence electrons. The molecule has 1 aromatic carbocycles. The number of likely N-dealkylation sites (tertiary alicyclic amines) is 1. The van der Waals surface area contributed by atoms with Crippen LogP contribution in [0.2, 0.25) is 0 Å². The summed E-state index contributed by atoms with van der Waals surface area (Å²) in [6.45, 7) is 4.91. The minimum Gasteiger partial charge on any atom is -0.356 e. The Kier molecular flexibility index (Phi) is 7.29. The fourth-order valence-electron chi connectivity index (χ4n) is 3.61. The third kappa shape index (κ3) is 5.21. The molecule has 0 aromatic heterocycles. The summed E-state index contributed by atoms with van der Waals surface area (Å²) in [5.74, 6) is 2.29. The third-order valence-electron chi connectivity index (χ3n) is 5.12. The van der Waals surface area contributed by atoms with Crippen LogP contribution in [0.1, 0.15) is 37.7 Å². The summed E-state index contributed by atoms with van der Waals surface area (Å²) < 4.78 is 0. The zero-order valence-corrected chi connectivity index (χ0v) is 16.0. The molecule has 2 rings (SSSR count). The molecule has 25 heavy (non-hydrogen) atoms. The van der Waals surface area contributed by atoms with E-state index in [-0.39, 0.29) is 5.91 Å². The topological polar surface area (TPSA) is 47.9 Å². The quantitative estimate of drug-likeness (QED) is 0.660. The van der Waals surface area contributed by atoms with E-state index in [1.165, 1.54) is 5.56 Å². The van der Waals surface area contributed by atoms with Gasteiger partial charge in [0.15, 0.2) is 5.96 Å². The van der Waals surface area contributed by atoms with Gasteiger partial charge in [-0.05, 0) is 23.8 Å². The minimum atomic E-state index is 0.136. The van der Waals surface area contributed by atoms with Crippen LogP contribution in [0.25, 0.3) is 0 Å². The monoisotopic (exact) mass is 344 g/mol. The van der Waals surface area contributed by atoms with Crippen molar-refractivity contribution < 1.29 is 4.79 Å². The van der Waals surface area contributed by atoms with Crippen LogP contribution in [0, 0.1) is 5.92 Å². The van der Waals surface area contributed by atoms with E-state index in [0.717, 1.165) is 31.9 Å². The first-order valence-electron chi connectivity index (χ1n) is 9.27. The number of benzene rings is 1. The largest absolute Gasteiger partial charge is 0.356 e.